The third-order valence-electron chi connectivity index (χ3n) is 3.39. The van der Waals surface area contributed by atoms with Gasteiger partial charge in [0.2, 0.25) is 0 Å². The van der Waals surface area contributed by atoms with Crippen molar-refractivity contribution in [3.05, 3.63) is 11.9 Å². The van der Waals surface area contributed by atoms with Gasteiger partial charge in [-0.1, -0.05) is 6.08 Å². The van der Waals surface area contributed by atoms with Crippen molar-refractivity contribution in [2.24, 2.45) is 5.92 Å². The Bertz CT molecular complexity index is 530. The van der Waals surface area contributed by atoms with E-state index in [0.717, 1.165) is 5.82 Å². The van der Waals surface area contributed by atoms with Crippen molar-refractivity contribution in [1.82, 2.24) is 0 Å². The van der Waals surface area contributed by atoms with Gasteiger partial charge in [0, 0.05) is 18.8 Å². The van der Waals surface area contributed by atoms with Crippen molar-refractivity contribution in [3.63, 3.8) is 0 Å². The second-order valence-corrected chi connectivity index (χ2v) is 10.9. The molecule has 0 bridgehead atoms. The van der Waals surface area contributed by atoms with Gasteiger partial charge >= 0.3 is 14.3 Å². The van der Waals surface area contributed by atoms with Crippen LogP contribution in [0.2, 0.25) is 5.82 Å². The van der Waals surface area contributed by atoms with E-state index in [4.69, 9.17) is 35.4 Å². The molecule has 7 nitrogen and oxygen atoms in total. The van der Waals surface area contributed by atoms with Gasteiger partial charge in [-0.15, -0.1) is 0 Å². The molecule has 134 valence electrons. The molecule has 0 radical (unpaired) electrons. The smallest absolute Gasteiger partial charge is 0.348 e. The lowest BCUT2D eigenvalue weighted by atomic mass is 9.84. The Hall–Kier alpha value is 0.445. The minimum Gasteiger partial charge on any atom is -0.378 e. The van der Waals surface area contributed by atoms with Gasteiger partial charge in [0.05, 0.1) is 17.8 Å². The highest BCUT2D eigenvalue weighted by atomic mass is 32.5. The molecular formula is C12H25BO7P2S. The van der Waals surface area contributed by atoms with Crippen LogP contribution >= 0.6 is 14.3 Å². The van der Waals surface area contributed by atoms with Crippen molar-refractivity contribution in [3.8, 4) is 0 Å². The number of ether oxygens (including phenoxy) is 1. The van der Waals surface area contributed by atoms with Gasteiger partial charge in [-0.2, -0.15) is 0 Å². The van der Waals surface area contributed by atoms with E-state index in [1.807, 2.05) is 7.85 Å². The molecule has 0 heterocycles. The molecule has 1 rings (SSSR count). The summed E-state index contributed by atoms with van der Waals surface area (Å²) in [4.78, 5) is 28.2. The van der Waals surface area contributed by atoms with Crippen LogP contribution in [0.3, 0.4) is 0 Å². The maximum absolute atomic E-state index is 11.0. The molecule has 5 atom stereocenters. The van der Waals surface area contributed by atoms with Crippen molar-refractivity contribution in [1.29, 1.82) is 0 Å². The third kappa shape index (κ3) is 7.47. The van der Waals surface area contributed by atoms with Gasteiger partial charge in [-0.25, -0.2) is 0 Å². The summed E-state index contributed by atoms with van der Waals surface area (Å²) < 4.78 is 27.5. The van der Waals surface area contributed by atoms with Crippen molar-refractivity contribution in [2.45, 2.75) is 50.8 Å². The Morgan fingerprint density at radius 1 is 1.26 bits per heavy atom. The fraction of sp³-hybridized carbons (Fsp3) is 0.833. The topological polar surface area (TPSA) is 105 Å². The highest BCUT2D eigenvalue weighted by Gasteiger charge is 2.44. The van der Waals surface area contributed by atoms with Crippen LogP contribution in [0.4, 0.5) is 0 Å². The van der Waals surface area contributed by atoms with Crippen molar-refractivity contribution < 1.29 is 33.0 Å². The first kappa shape index (κ1) is 21.5. The first-order valence-corrected chi connectivity index (χ1v) is 11.5. The van der Waals surface area contributed by atoms with Crippen LogP contribution in [0.5, 0.6) is 0 Å². The summed E-state index contributed by atoms with van der Waals surface area (Å²) in [5.74, 6) is 0.626. The van der Waals surface area contributed by atoms with Crippen LogP contribution in [-0.4, -0.2) is 47.4 Å². The Morgan fingerprint density at radius 3 is 2.26 bits per heavy atom. The lowest BCUT2D eigenvalue weighted by Crippen LogP contribution is -2.31. The molecular weight excluding hydrogens is 361 g/mol. The average molecular weight is 386 g/mol. The second kappa shape index (κ2) is 7.77. The van der Waals surface area contributed by atoms with Crippen LogP contribution < -0.4 is 0 Å². The van der Waals surface area contributed by atoms with Crippen LogP contribution in [0, 0.1) is 5.92 Å². The lowest BCUT2D eigenvalue weighted by molar-refractivity contribution is -0.00962. The zero-order valence-corrected chi connectivity index (χ0v) is 16.6. The standard InChI is InChI=1S/C12H25BO7P2S/c1-12(2,3)20-22(17,23)19-11-9(13)7-8(10(11)18-4)5-6-21(14,15)16/h5-6,8-11H,7,13H2,1-4H3,(H,17,23)(H2,14,15,16)/b6-5+/t8-,9?,10+,11-,22?/m0/s1. The summed E-state index contributed by atoms with van der Waals surface area (Å²) >= 11 is 5.07. The Balaban J connectivity index is 2.89. The van der Waals surface area contributed by atoms with Crippen LogP contribution in [-0.2, 0) is 30.2 Å². The normalized spacial score (nSPS) is 32.3. The number of rotatable bonds is 6. The average Bonchev–Trinajstić information content (AvgIpc) is 2.58. The fourth-order valence-electron chi connectivity index (χ4n) is 2.67. The van der Waals surface area contributed by atoms with E-state index in [1.165, 1.54) is 13.2 Å². The molecule has 1 saturated carbocycles. The molecule has 1 aliphatic rings. The van der Waals surface area contributed by atoms with Crippen molar-refractivity contribution >= 4 is 34.0 Å². The molecule has 0 aliphatic heterocycles. The largest absolute Gasteiger partial charge is 0.378 e. The van der Waals surface area contributed by atoms with Gasteiger partial charge in [0.25, 0.3) is 0 Å². The van der Waals surface area contributed by atoms with E-state index in [0.29, 0.717) is 6.42 Å². The fourth-order valence-corrected chi connectivity index (χ4v) is 5.45. The van der Waals surface area contributed by atoms with E-state index < -0.39 is 32.1 Å². The van der Waals surface area contributed by atoms with E-state index in [2.05, 4.69) is 0 Å². The maximum atomic E-state index is 11.0. The maximum Gasteiger partial charge on any atom is 0.348 e. The van der Waals surface area contributed by atoms with Crippen molar-refractivity contribution in [2.75, 3.05) is 7.11 Å². The highest BCUT2D eigenvalue weighted by molar-refractivity contribution is 8.07. The molecule has 0 spiro atoms. The van der Waals surface area contributed by atoms with E-state index in [-0.39, 0.29) is 11.7 Å². The molecule has 0 saturated heterocycles. The van der Waals surface area contributed by atoms with Gasteiger partial charge in [-0.3, -0.25) is 4.57 Å². The monoisotopic (exact) mass is 386 g/mol. The Labute approximate surface area is 143 Å². The van der Waals surface area contributed by atoms with Gasteiger partial charge in [0.1, 0.15) is 7.85 Å². The van der Waals surface area contributed by atoms with Gasteiger partial charge in [-0.05, 0) is 44.8 Å². The van der Waals surface area contributed by atoms with Crippen LogP contribution in [0.1, 0.15) is 27.2 Å². The van der Waals surface area contributed by atoms with E-state index in [9.17, 15) is 9.46 Å². The Kier molecular flexibility index (Phi) is 7.26. The summed E-state index contributed by atoms with van der Waals surface area (Å²) in [7, 11) is -0.828. The molecule has 11 heteroatoms. The molecule has 3 N–H and O–H groups in total. The summed E-state index contributed by atoms with van der Waals surface area (Å²) in [6, 6.07) is 0. The number of hydrogen-bond donors (Lipinski definition) is 3. The molecule has 0 aromatic carbocycles. The lowest BCUT2D eigenvalue weighted by Gasteiger charge is -2.31. The predicted molar refractivity (Wildman–Crippen MR) is 94.6 cm³/mol. The molecule has 1 fully saturated rings. The second-order valence-electron chi connectivity index (χ2n) is 6.75. The molecule has 0 amide bonds. The van der Waals surface area contributed by atoms with E-state index in [1.54, 1.807) is 20.8 Å². The molecule has 0 aromatic rings. The summed E-state index contributed by atoms with van der Waals surface area (Å²) in [5.41, 5.74) is -0.644. The number of methoxy groups -OCH3 is 1. The van der Waals surface area contributed by atoms with Crippen LogP contribution in [0.15, 0.2) is 11.9 Å². The minimum absolute atomic E-state index is 0.00980. The first-order chi connectivity index (χ1) is 10.2. The minimum atomic E-state index is -4.23. The first-order valence-electron chi connectivity index (χ1n) is 7.23. The Morgan fingerprint density at radius 2 is 1.83 bits per heavy atom. The third-order valence-corrected chi connectivity index (χ3v) is 5.72. The summed E-state index contributed by atoms with van der Waals surface area (Å²) in [6.07, 6.45) is 1.07. The quantitative estimate of drug-likeness (QED) is 0.467. The van der Waals surface area contributed by atoms with Crippen LogP contribution in [0.25, 0.3) is 0 Å². The van der Waals surface area contributed by atoms with Gasteiger partial charge in [0.15, 0.2) is 0 Å². The zero-order chi connectivity index (χ0) is 18.1. The van der Waals surface area contributed by atoms with Gasteiger partial charge < -0.3 is 28.5 Å². The summed E-state index contributed by atoms with van der Waals surface area (Å²) in [5, 5.41) is 0. The molecule has 0 aromatic heterocycles. The SMILES string of the molecule is BC1C[C@H](/C=C/P(=O)(O)O)[C@@H](OC)[C@H]1OP(O)(=S)OC(C)(C)C. The predicted octanol–water partition coefficient (Wildman–Crippen LogP) is 1.55. The molecule has 1 aliphatic carbocycles. The number of hydrogen-bond acceptors (Lipinski definition) is 5. The highest BCUT2D eigenvalue weighted by Crippen LogP contribution is 2.53. The summed E-state index contributed by atoms with van der Waals surface area (Å²) in [6.45, 7) is 1.85. The molecule has 2 unspecified atom stereocenters. The zero-order valence-electron chi connectivity index (χ0n) is 13.9. The molecule has 23 heavy (non-hydrogen) atoms. The van der Waals surface area contributed by atoms with E-state index >= 15 is 0 Å².